The lowest BCUT2D eigenvalue weighted by Gasteiger charge is -2.21. The highest BCUT2D eigenvalue weighted by Gasteiger charge is 2.22. The normalized spacial score (nSPS) is 11.0. The van der Waals surface area contributed by atoms with Gasteiger partial charge in [0.1, 0.15) is 17.1 Å². The van der Waals surface area contributed by atoms with E-state index in [1.54, 1.807) is 35.2 Å². The molecule has 3 aromatic rings. The lowest BCUT2D eigenvalue weighted by atomic mass is 10.2. The molecule has 162 valence electrons. The number of anilines is 1. The molecular weight excluding hydrogens is 425 g/mol. The first-order valence-electron chi connectivity index (χ1n) is 9.63. The molecule has 30 heavy (non-hydrogen) atoms. The van der Waals surface area contributed by atoms with E-state index in [1.807, 2.05) is 34.0 Å². The van der Waals surface area contributed by atoms with Crippen LogP contribution in [-0.2, 0) is 0 Å². The molecule has 0 N–H and O–H groups in total. The zero-order valence-corrected chi connectivity index (χ0v) is 19.2. The van der Waals surface area contributed by atoms with Crippen molar-refractivity contribution in [3.63, 3.8) is 0 Å². The molecule has 0 aliphatic rings. The standard InChI is InChI=1S/C22H26FN3O2S.ClH/c1-15(2)28-17-11-9-16(10-12-17)21(27)26(14-6-13-25(3)4)22-24-20-18(23)7-5-8-19(20)29-22;/h5,7-12,15H,6,13-14H2,1-4H3;1H. The highest BCUT2D eigenvalue weighted by atomic mass is 35.5. The molecule has 1 heterocycles. The number of para-hydroxylation sites is 1. The van der Waals surface area contributed by atoms with Crippen molar-refractivity contribution in [2.75, 3.05) is 32.1 Å². The van der Waals surface area contributed by atoms with Crippen molar-refractivity contribution in [1.29, 1.82) is 0 Å². The summed E-state index contributed by atoms with van der Waals surface area (Å²) in [6, 6.07) is 12.0. The second-order valence-electron chi connectivity index (χ2n) is 7.39. The maximum absolute atomic E-state index is 14.1. The van der Waals surface area contributed by atoms with Crippen LogP contribution in [0.2, 0.25) is 0 Å². The van der Waals surface area contributed by atoms with E-state index in [0.29, 0.717) is 22.8 Å². The van der Waals surface area contributed by atoms with Gasteiger partial charge >= 0.3 is 0 Å². The molecule has 0 bridgehead atoms. The summed E-state index contributed by atoms with van der Waals surface area (Å²) in [5.74, 6) is 0.193. The van der Waals surface area contributed by atoms with Crippen LogP contribution in [0.25, 0.3) is 10.2 Å². The number of aromatic nitrogens is 1. The van der Waals surface area contributed by atoms with Crippen LogP contribution in [0.5, 0.6) is 5.75 Å². The topological polar surface area (TPSA) is 45.7 Å². The maximum Gasteiger partial charge on any atom is 0.260 e. The molecule has 0 aliphatic carbocycles. The number of thiazole rings is 1. The van der Waals surface area contributed by atoms with E-state index in [-0.39, 0.29) is 30.2 Å². The van der Waals surface area contributed by atoms with Gasteiger partial charge < -0.3 is 9.64 Å². The van der Waals surface area contributed by atoms with Gasteiger partial charge in [0.2, 0.25) is 0 Å². The van der Waals surface area contributed by atoms with Crippen LogP contribution in [0.1, 0.15) is 30.6 Å². The number of amides is 1. The van der Waals surface area contributed by atoms with Crippen molar-refractivity contribution >= 4 is 45.0 Å². The number of rotatable bonds is 8. The fraction of sp³-hybridized carbons (Fsp3) is 0.364. The summed E-state index contributed by atoms with van der Waals surface area (Å²) in [6.07, 6.45) is 0.850. The summed E-state index contributed by atoms with van der Waals surface area (Å²) in [7, 11) is 3.99. The van der Waals surface area contributed by atoms with Gasteiger partial charge in [0.05, 0.1) is 10.8 Å². The third-order valence-electron chi connectivity index (χ3n) is 4.29. The molecule has 0 fully saturated rings. The molecule has 0 unspecified atom stereocenters. The van der Waals surface area contributed by atoms with E-state index < -0.39 is 0 Å². The summed E-state index contributed by atoms with van der Waals surface area (Å²) >= 11 is 1.33. The summed E-state index contributed by atoms with van der Waals surface area (Å²) in [6.45, 7) is 5.25. The summed E-state index contributed by atoms with van der Waals surface area (Å²) in [5.41, 5.74) is 0.851. The SMILES string of the molecule is CC(C)Oc1ccc(C(=O)N(CCCN(C)C)c2nc3c(F)cccc3s2)cc1.Cl. The van der Waals surface area contributed by atoms with Crippen LogP contribution in [-0.4, -0.2) is 49.1 Å². The number of nitrogens with zero attached hydrogens (tertiary/aromatic N) is 3. The van der Waals surface area contributed by atoms with E-state index >= 15 is 0 Å². The Hall–Kier alpha value is -2.22. The molecule has 0 saturated heterocycles. The van der Waals surface area contributed by atoms with Crippen LogP contribution in [0, 0.1) is 5.82 Å². The first kappa shape index (κ1) is 24.1. The van der Waals surface area contributed by atoms with Crippen molar-refractivity contribution in [2.24, 2.45) is 0 Å². The van der Waals surface area contributed by atoms with E-state index in [4.69, 9.17) is 4.74 Å². The smallest absolute Gasteiger partial charge is 0.260 e. The predicted molar refractivity (Wildman–Crippen MR) is 124 cm³/mol. The lowest BCUT2D eigenvalue weighted by molar-refractivity contribution is 0.0986. The van der Waals surface area contributed by atoms with Gasteiger partial charge in [0.25, 0.3) is 5.91 Å². The number of halogens is 2. The number of carbonyl (C=O) groups excluding carboxylic acids is 1. The average Bonchev–Trinajstić information content (AvgIpc) is 3.10. The number of fused-ring (bicyclic) bond motifs is 1. The maximum atomic E-state index is 14.1. The van der Waals surface area contributed by atoms with E-state index in [1.165, 1.54) is 17.4 Å². The molecule has 8 heteroatoms. The van der Waals surface area contributed by atoms with Gasteiger partial charge in [-0.15, -0.1) is 12.4 Å². The second-order valence-corrected chi connectivity index (χ2v) is 8.40. The highest BCUT2D eigenvalue weighted by Crippen LogP contribution is 2.31. The number of hydrogen-bond acceptors (Lipinski definition) is 5. The Morgan fingerprint density at radius 2 is 1.83 bits per heavy atom. The Kier molecular flexibility index (Phi) is 8.58. The zero-order chi connectivity index (χ0) is 21.0. The first-order chi connectivity index (χ1) is 13.8. The molecule has 2 aromatic carbocycles. The molecule has 0 spiro atoms. The molecule has 0 aliphatic heterocycles. The van der Waals surface area contributed by atoms with Crippen LogP contribution in [0.3, 0.4) is 0 Å². The van der Waals surface area contributed by atoms with Crippen LogP contribution < -0.4 is 9.64 Å². The van der Waals surface area contributed by atoms with Gasteiger partial charge in [-0.3, -0.25) is 9.69 Å². The van der Waals surface area contributed by atoms with Crippen LogP contribution in [0.15, 0.2) is 42.5 Å². The Balaban J connectivity index is 0.00000320. The van der Waals surface area contributed by atoms with Crippen molar-refractivity contribution in [3.8, 4) is 5.75 Å². The fourth-order valence-electron chi connectivity index (χ4n) is 2.95. The van der Waals surface area contributed by atoms with Crippen LogP contribution >= 0.6 is 23.7 Å². The number of hydrogen-bond donors (Lipinski definition) is 0. The second kappa shape index (κ2) is 10.7. The molecule has 1 aromatic heterocycles. The van der Waals surface area contributed by atoms with E-state index in [0.717, 1.165) is 23.4 Å². The average molecular weight is 452 g/mol. The van der Waals surface area contributed by atoms with Crippen molar-refractivity contribution < 1.29 is 13.9 Å². The lowest BCUT2D eigenvalue weighted by Crippen LogP contribution is -2.33. The van der Waals surface area contributed by atoms with Gasteiger partial charge in [-0.1, -0.05) is 17.4 Å². The molecular formula is C22H27ClFN3O2S. The third-order valence-corrected chi connectivity index (χ3v) is 5.34. The Labute approximate surface area is 186 Å². The quantitative estimate of drug-likeness (QED) is 0.469. The number of benzene rings is 2. The minimum absolute atomic E-state index is 0. The molecule has 1 amide bonds. The zero-order valence-electron chi connectivity index (χ0n) is 17.6. The minimum Gasteiger partial charge on any atom is -0.491 e. The molecule has 5 nitrogen and oxygen atoms in total. The number of carbonyl (C=O) groups is 1. The van der Waals surface area contributed by atoms with Gasteiger partial charge in [0, 0.05) is 12.1 Å². The van der Waals surface area contributed by atoms with E-state index in [9.17, 15) is 9.18 Å². The summed E-state index contributed by atoms with van der Waals surface area (Å²) in [4.78, 5) is 21.4. The summed E-state index contributed by atoms with van der Waals surface area (Å²) < 4.78 is 20.5. The minimum atomic E-state index is -0.374. The molecule has 3 rings (SSSR count). The molecule has 0 radical (unpaired) electrons. The van der Waals surface area contributed by atoms with Crippen LogP contribution in [0.4, 0.5) is 9.52 Å². The van der Waals surface area contributed by atoms with Gasteiger partial charge in [-0.05, 0) is 77.3 Å². The van der Waals surface area contributed by atoms with Crippen molar-refractivity contribution in [3.05, 3.63) is 53.8 Å². The van der Waals surface area contributed by atoms with E-state index in [2.05, 4.69) is 9.88 Å². The molecule has 0 atom stereocenters. The monoisotopic (exact) mass is 451 g/mol. The Bertz CT molecular complexity index is 976. The van der Waals surface area contributed by atoms with Crippen molar-refractivity contribution in [2.45, 2.75) is 26.4 Å². The number of ether oxygens (including phenoxy) is 1. The Morgan fingerprint density at radius 3 is 2.43 bits per heavy atom. The molecule has 0 saturated carbocycles. The first-order valence-corrected chi connectivity index (χ1v) is 10.4. The largest absolute Gasteiger partial charge is 0.491 e. The Morgan fingerprint density at radius 1 is 1.13 bits per heavy atom. The summed E-state index contributed by atoms with van der Waals surface area (Å²) in [5, 5.41) is 0.511. The van der Waals surface area contributed by atoms with Gasteiger partial charge in [-0.25, -0.2) is 9.37 Å². The highest BCUT2D eigenvalue weighted by molar-refractivity contribution is 7.22. The predicted octanol–water partition coefficient (Wildman–Crippen LogP) is 5.24. The van der Waals surface area contributed by atoms with Gasteiger partial charge in [0.15, 0.2) is 5.13 Å². The van der Waals surface area contributed by atoms with Gasteiger partial charge in [-0.2, -0.15) is 0 Å². The van der Waals surface area contributed by atoms with Crippen molar-refractivity contribution in [1.82, 2.24) is 9.88 Å². The fourth-order valence-corrected chi connectivity index (χ4v) is 3.96. The third kappa shape index (κ3) is 5.90.